The van der Waals surface area contributed by atoms with E-state index in [9.17, 15) is 14.4 Å². The summed E-state index contributed by atoms with van der Waals surface area (Å²) in [7, 11) is 0. The molecular weight excluding hydrogens is 528 g/mol. The van der Waals surface area contributed by atoms with Crippen molar-refractivity contribution in [1.82, 2.24) is 20.2 Å². The van der Waals surface area contributed by atoms with Crippen LogP contribution in [-0.2, 0) is 27.2 Å². The number of amides is 3. The van der Waals surface area contributed by atoms with Crippen molar-refractivity contribution in [3.8, 4) is 0 Å². The number of hydrogen-bond acceptors (Lipinski definition) is 5. The number of nitrogens with one attached hydrogen (secondary N) is 2. The number of H-pyrrole nitrogens is 1. The lowest BCUT2D eigenvalue weighted by Crippen LogP contribution is -2.61. The molecular formula is C30H37ClN6O3. The molecule has 40 heavy (non-hydrogen) atoms. The molecule has 3 amide bonds. The molecule has 2 atom stereocenters. The number of benzene rings is 2. The fraction of sp³-hybridized carbons (Fsp3) is 0.400. The summed E-state index contributed by atoms with van der Waals surface area (Å²) in [4.78, 5) is 45.8. The summed E-state index contributed by atoms with van der Waals surface area (Å²) in [5, 5.41) is 10.1. The third-order valence-corrected chi connectivity index (χ3v) is 7.76. The van der Waals surface area contributed by atoms with Gasteiger partial charge in [0.2, 0.25) is 11.8 Å². The molecule has 0 saturated carbocycles. The van der Waals surface area contributed by atoms with Gasteiger partial charge in [-0.15, -0.1) is 12.4 Å². The Morgan fingerprint density at radius 3 is 2.55 bits per heavy atom. The molecule has 2 aromatic carbocycles. The van der Waals surface area contributed by atoms with Gasteiger partial charge in [-0.05, 0) is 44.4 Å². The van der Waals surface area contributed by atoms with Gasteiger partial charge < -0.3 is 20.9 Å². The molecule has 3 heterocycles. The van der Waals surface area contributed by atoms with Crippen LogP contribution in [0.5, 0.6) is 0 Å². The molecule has 1 unspecified atom stereocenters. The fourth-order valence-corrected chi connectivity index (χ4v) is 5.62. The molecule has 5 rings (SSSR count). The van der Waals surface area contributed by atoms with E-state index >= 15 is 0 Å². The summed E-state index contributed by atoms with van der Waals surface area (Å²) in [6.07, 6.45) is 3.13. The molecule has 2 aliphatic heterocycles. The van der Waals surface area contributed by atoms with Gasteiger partial charge >= 0.3 is 0 Å². The lowest BCUT2D eigenvalue weighted by molar-refractivity contribution is -0.143. The van der Waals surface area contributed by atoms with Crippen LogP contribution in [0.2, 0.25) is 0 Å². The minimum atomic E-state index is -1.15. The van der Waals surface area contributed by atoms with Crippen molar-refractivity contribution in [3.05, 3.63) is 71.9 Å². The van der Waals surface area contributed by atoms with Crippen LogP contribution in [0.25, 0.3) is 10.9 Å². The third-order valence-electron chi connectivity index (χ3n) is 7.76. The first-order valence-electron chi connectivity index (χ1n) is 13.5. The second kappa shape index (κ2) is 11.4. The third kappa shape index (κ3) is 5.48. The fourth-order valence-electron chi connectivity index (χ4n) is 5.62. The van der Waals surface area contributed by atoms with Gasteiger partial charge in [-0.2, -0.15) is 5.10 Å². The largest absolute Gasteiger partial charge is 0.361 e. The van der Waals surface area contributed by atoms with Gasteiger partial charge in [0, 0.05) is 49.6 Å². The molecule has 0 radical (unpaired) electrons. The zero-order chi connectivity index (χ0) is 27.8. The highest BCUT2D eigenvalue weighted by atomic mass is 35.5. The zero-order valence-electron chi connectivity index (χ0n) is 23.1. The van der Waals surface area contributed by atoms with Crippen LogP contribution in [-0.4, -0.2) is 69.5 Å². The topological polar surface area (TPSA) is 124 Å². The lowest BCUT2D eigenvalue weighted by Gasteiger charge is -2.41. The van der Waals surface area contributed by atoms with Crippen LogP contribution in [0.4, 0.5) is 0 Å². The highest BCUT2D eigenvalue weighted by Crippen LogP contribution is 2.39. The molecule has 2 aliphatic rings. The number of hydrazone groups is 1. The van der Waals surface area contributed by atoms with E-state index < -0.39 is 22.9 Å². The van der Waals surface area contributed by atoms with Crippen molar-refractivity contribution < 1.29 is 14.4 Å². The van der Waals surface area contributed by atoms with Crippen LogP contribution >= 0.6 is 12.4 Å². The first-order chi connectivity index (χ1) is 18.6. The Hall–Kier alpha value is -3.69. The van der Waals surface area contributed by atoms with E-state index in [4.69, 9.17) is 5.73 Å². The number of fused-ring (bicyclic) bond motifs is 2. The first-order valence-corrected chi connectivity index (χ1v) is 13.5. The minimum absolute atomic E-state index is 0. The standard InChI is InChI=1S/C30H36N6O3.ClH/c1-4-36-28(39)30(17-20-10-6-5-7-11-20)19-35(15-14-25(30)34-36)26(37)24(33-27(38)29(2,3)31)16-21-18-32-23-13-9-8-12-22(21)23;/h5-13,18,24,32H,4,14-17,19,31H2,1-3H3,(H,33,38);1H/t24?,30-;/m0./s1. The Morgan fingerprint density at radius 2 is 1.85 bits per heavy atom. The average Bonchev–Trinajstić information content (AvgIpc) is 3.45. The summed E-state index contributed by atoms with van der Waals surface area (Å²) < 4.78 is 0. The van der Waals surface area contributed by atoms with Crippen LogP contribution < -0.4 is 11.1 Å². The maximum absolute atomic E-state index is 14.2. The van der Waals surface area contributed by atoms with Gasteiger partial charge in [0.1, 0.15) is 11.5 Å². The summed E-state index contributed by atoms with van der Waals surface area (Å²) in [5.74, 6) is -0.721. The van der Waals surface area contributed by atoms with E-state index in [2.05, 4.69) is 15.4 Å². The number of piperidine rings is 1. The first kappa shape index (κ1) is 29.3. The van der Waals surface area contributed by atoms with Crippen LogP contribution in [0, 0.1) is 5.41 Å². The Morgan fingerprint density at radius 1 is 1.15 bits per heavy atom. The molecule has 1 saturated heterocycles. The van der Waals surface area contributed by atoms with Gasteiger partial charge in [-0.1, -0.05) is 48.5 Å². The molecule has 1 aromatic heterocycles. The number of carbonyl (C=O) groups excluding carboxylic acids is 3. The molecule has 9 nitrogen and oxygen atoms in total. The number of para-hydroxylation sites is 1. The molecule has 3 aromatic rings. The Labute approximate surface area is 240 Å². The summed E-state index contributed by atoms with van der Waals surface area (Å²) in [5.41, 5.74) is 7.73. The molecule has 0 aliphatic carbocycles. The Balaban J connectivity index is 0.00000370. The lowest BCUT2D eigenvalue weighted by atomic mass is 9.73. The van der Waals surface area contributed by atoms with Gasteiger partial charge in [-0.3, -0.25) is 14.4 Å². The highest BCUT2D eigenvalue weighted by Gasteiger charge is 2.54. The number of hydrogen-bond donors (Lipinski definition) is 3. The summed E-state index contributed by atoms with van der Waals surface area (Å²) >= 11 is 0. The number of aromatic amines is 1. The van der Waals surface area contributed by atoms with Crippen molar-refractivity contribution >= 4 is 46.7 Å². The van der Waals surface area contributed by atoms with Gasteiger partial charge in [0.05, 0.1) is 11.3 Å². The number of nitrogens with two attached hydrogens (primary N) is 1. The predicted molar refractivity (Wildman–Crippen MR) is 158 cm³/mol. The average molecular weight is 565 g/mol. The van der Waals surface area contributed by atoms with Crippen molar-refractivity contribution in [2.75, 3.05) is 19.6 Å². The number of likely N-dealkylation sites (tertiary alicyclic amines) is 1. The summed E-state index contributed by atoms with van der Waals surface area (Å²) in [6, 6.07) is 16.9. The Bertz CT molecular complexity index is 1430. The number of rotatable bonds is 8. The van der Waals surface area contributed by atoms with Crippen LogP contribution in [0.1, 0.15) is 38.3 Å². The van der Waals surface area contributed by atoms with Crippen LogP contribution in [0.15, 0.2) is 65.9 Å². The van der Waals surface area contributed by atoms with Crippen molar-refractivity contribution in [2.24, 2.45) is 16.3 Å². The Kier molecular flexibility index (Phi) is 8.37. The van der Waals surface area contributed by atoms with Crippen molar-refractivity contribution in [1.29, 1.82) is 0 Å². The second-order valence-corrected chi connectivity index (χ2v) is 11.1. The van der Waals surface area contributed by atoms with E-state index in [1.165, 1.54) is 5.01 Å². The molecule has 212 valence electrons. The number of nitrogens with zero attached hydrogens (tertiary/aromatic N) is 3. The highest BCUT2D eigenvalue weighted by molar-refractivity contribution is 6.14. The molecule has 1 fully saturated rings. The monoisotopic (exact) mass is 564 g/mol. The second-order valence-electron chi connectivity index (χ2n) is 11.1. The molecule has 0 spiro atoms. The van der Waals surface area contributed by atoms with E-state index in [1.807, 2.05) is 67.7 Å². The maximum Gasteiger partial charge on any atom is 0.256 e. The number of aromatic nitrogens is 1. The van der Waals surface area contributed by atoms with Gasteiger partial charge in [0.25, 0.3) is 5.91 Å². The van der Waals surface area contributed by atoms with Crippen molar-refractivity contribution in [3.63, 3.8) is 0 Å². The SMILES string of the molecule is CCN1N=C2CCN(C(=O)C(Cc3c[nH]c4ccccc34)NC(=O)C(C)(C)N)C[C@]2(Cc2ccccc2)C1=O.Cl. The normalized spacial score (nSPS) is 19.6. The smallest absolute Gasteiger partial charge is 0.256 e. The maximum atomic E-state index is 14.2. The van der Waals surface area contributed by atoms with Crippen molar-refractivity contribution in [2.45, 2.75) is 51.6 Å². The predicted octanol–water partition coefficient (Wildman–Crippen LogP) is 3.03. The van der Waals surface area contributed by atoms with Gasteiger partial charge in [0.15, 0.2) is 0 Å². The molecule has 0 bridgehead atoms. The zero-order valence-corrected chi connectivity index (χ0v) is 24.0. The van der Waals surface area contributed by atoms with Crippen LogP contribution in [0.3, 0.4) is 0 Å². The van der Waals surface area contributed by atoms with E-state index in [-0.39, 0.29) is 30.8 Å². The molecule has 10 heteroatoms. The van der Waals surface area contributed by atoms with Gasteiger partial charge in [-0.25, -0.2) is 5.01 Å². The minimum Gasteiger partial charge on any atom is -0.361 e. The van der Waals surface area contributed by atoms with E-state index in [0.717, 1.165) is 27.7 Å². The summed E-state index contributed by atoms with van der Waals surface area (Å²) in [6.45, 7) is 6.24. The molecule has 4 N–H and O–H groups in total. The number of halogens is 1. The quantitative estimate of drug-likeness (QED) is 0.389. The van der Waals surface area contributed by atoms with E-state index in [1.54, 1.807) is 18.7 Å². The number of carbonyl (C=O) groups is 3. The van der Waals surface area contributed by atoms with E-state index in [0.29, 0.717) is 32.4 Å².